The fraction of sp³-hybridized carbons (Fsp3) is 0.200. The predicted molar refractivity (Wildman–Crippen MR) is 124 cm³/mol. The van der Waals surface area contributed by atoms with Gasteiger partial charge in [0.1, 0.15) is 11.5 Å². The Bertz CT molecular complexity index is 1060. The van der Waals surface area contributed by atoms with Crippen LogP contribution in [0, 0.1) is 13.8 Å². The average Bonchev–Trinajstić information content (AvgIpc) is 2.80. The van der Waals surface area contributed by atoms with Crippen molar-refractivity contribution in [3.05, 3.63) is 94.0 Å². The number of nitrogens with one attached hydrogen (secondary N) is 2. The Morgan fingerprint density at radius 2 is 1.56 bits per heavy atom. The number of hydrogen-bond donors (Lipinski definition) is 2. The summed E-state index contributed by atoms with van der Waals surface area (Å²) in [5, 5.41) is 0.667. The Balaban J connectivity index is 1.45. The van der Waals surface area contributed by atoms with Gasteiger partial charge in [-0.3, -0.25) is 20.4 Å². The van der Waals surface area contributed by atoms with Gasteiger partial charge in [0.15, 0.2) is 6.61 Å². The molecule has 2 amide bonds. The standard InChI is InChI=1S/C25H25ClN2O4/c1-17-13-22(14-18(2)24(17)26)32-16-23(29)27-28-25(30)20-9-6-10-21(15-20)31-12-11-19-7-4-3-5-8-19/h3-10,13-15H,11-12,16H2,1-2H3,(H,27,29)(H,28,30). The van der Waals surface area contributed by atoms with Crippen LogP contribution in [0.25, 0.3) is 0 Å². The molecule has 0 unspecified atom stereocenters. The number of aryl methyl sites for hydroxylation is 2. The molecule has 7 heteroatoms. The third kappa shape index (κ3) is 6.75. The van der Waals surface area contributed by atoms with Crippen molar-refractivity contribution in [2.75, 3.05) is 13.2 Å². The maximum absolute atomic E-state index is 12.4. The second-order valence-corrected chi connectivity index (χ2v) is 7.65. The normalized spacial score (nSPS) is 10.3. The van der Waals surface area contributed by atoms with E-state index >= 15 is 0 Å². The molecule has 0 aliphatic rings. The molecule has 0 aliphatic carbocycles. The fourth-order valence-electron chi connectivity index (χ4n) is 3.03. The first-order chi connectivity index (χ1) is 15.4. The zero-order valence-corrected chi connectivity index (χ0v) is 18.7. The molecule has 6 nitrogen and oxygen atoms in total. The van der Waals surface area contributed by atoms with Gasteiger partial charge in [-0.15, -0.1) is 0 Å². The molecule has 0 bridgehead atoms. The van der Waals surface area contributed by atoms with Crippen molar-refractivity contribution in [1.82, 2.24) is 10.9 Å². The van der Waals surface area contributed by atoms with E-state index in [9.17, 15) is 9.59 Å². The van der Waals surface area contributed by atoms with Crippen LogP contribution in [-0.2, 0) is 11.2 Å². The van der Waals surface area contributed by atoms with Crippen LogP contribution in [0.5, 0.6) is 11.5 Å². The van der Waals surface area contributed by atoms with Crippen molar-refractivity contribution in [3.8, 4) is 11.5 Å². The molecule has 0 radical (unpaired) electrons. The van der Waals surface area contributed by atoms with Gasteiger partial charge >= 0.3 is 0 Å². The van der Waals surface area contributed by atoms with Crippen molar-refractivity contribution in [2.45, 2.75) is 20.3 Å². The van der Waals surface area contributed by atoms with Crippen LogP contribution in [0.15, 0.2) is 66.7 Å². The topological polar surface area (TPSA) is 76.7 Å². The Hall–Kier alpha value is -3.51. The molecule has 0 saturated heterocycles. The number of carbonyl (C=O) groups excluding carboxylic acids is 2. The van der Waals surface area contributed by atoms with E-state index in [-0.39, 0.29) is 6.61 Å². The number of benzene rings is 3. The number of carbonyl (C=O) groups is 2. The summed E-state index contributed by atoms with van der Waals surface area (Å²) in [7, 11) is 0. The third-order valence-corrected chi connectivity index (χ3v) is 5.29. The molecule has 0 aliphatic heterocycles. The van der Waals surface area contributed by atoms with Gasteiger partial charge in [-0.2, -0.15) is 0 Å². The largest absolute Gasteiger partial charge is 0.493 e. The molecule has 0 heterocycles. The minimum absolute atomic E-state index is 0.247. The summed E-state index contributed by atoms with van der Waals surface area (Å²) in [6.07, 6.45) is 0.764. The zero-order chi connectivity index (χ0) is 22.9. The Morgan fingerprint density at radius 1 is 0.844 bits per heavy atom. The Kier molecular flexibility index (Phi) is 8.11. The highest BCUT2D eigenvalue weighted by Crippen LogP contribution is 2.25. The predicted octanol–water partition coefficient (Wildman–Crippen LogP) is 4.42. The minimum Gasteiger partial charge on any atom is -0.493 e. The molecular formula is C25H25ClN2O4. The van der Waals surface area contributed by atoms with Crippen molar-refractivity contribution in [1.29, 1.82) is 0 Å². The molecule has 166 valence electrons. The smallest absolute Gasteiger partial charge is 0.276 e. The van der Waals surface area contributed by atoms with Gasteiger partial charge in [0.2, 0.25) is 0 Å². The van der Waals surface area contributed by atoms with Crippen molar-refractivity contribution in [2.24, 2.45) is 0 Å². The summed E-state index contributed by atoms with van der Waals surface area (Å²) < 4.78 is 11.2. The molecule has 3 rings (SSSR count). The molecule has 3 aromatic rings. The van der Waals surface area contributed by atoms with E-state index in [0.717, 1.165) is 17.5 Å². The molecule has 0 atom stereocenters. The van der Waals surface area contributed by atoms with Crippen LogP contribution in [0.3, 0.4) is 0 Å². The first-order valence-electron chi connectivity index (χ1n) is 10.2. The lowest BCUT2D eigenvalue weighted by molar-refractivity contribution is -0.123. The molecule has 2 N–H and O–H groups in total. The van der Waals surface area contributed by atoms with E-state index in [1.165, 1.54) is 5.56 Å². The molecule has 0 aromatic heterocycles. The molecule has 3 aromatic carbocycles. The minimum atomic E-state index is -0.487. The molecule has 0 saturated carbocycles. The first kappa shape index (κ1) is 23.2. The lowest BCUT2D eigenvalue weighted by Crippen LogP contribution is -2.43. The zero-order valence-electron chi connectivity index (χ0n) is 18.0. The summed E-state index contributed by atoms with van der Waals surface area (Å²) >= 11 is 6.13. The highest BCUT2D eigenvalue weighted by atomic mass is 35.5. The highest BCUT2D eigenvalue weighted by molar-refractivity contribution is 6.32. The van der Waals surface area contributed by atoms with Crippen LogP contribution in [0.1, 0.15) is 27.0 Å². The number of rotatable bonds is 8. The maximum atomic E-state index is 12.4. The van der Waals surface area contributed by atoms with Gasteiger partial charge < -0.3 is 9.47 Å². The number of ether oxygens (including phenoxy) is 2. The van der Waals surface area contributed by atoms with Gasteiger partial charge in [0, 0.05) is 17.0 Å². The van der Waals surface area contributed by atoms with Crippen molar-refractivity contribution in [3.63, 3.8) is 0 Å². The summed E-state index contributed by atoms with van der Waals surface area (Å²) in [6.45, 7) is 3.97. The van der Waals surface area contributed by atoms with Crippen LogP contribution in [0.2, 0.25) is 5.02 Å². The Labute approximate surface area is 192 Å². The Morgan fingerprint density at radius 3 is 2.28 bits per heavy atom. The molecule has 32 heavy (non-hydrogen) atoms. The summed E-state index contributed by atoms with van der Waals surface area (Å²) in [5.74, 6) is 0.173. The molecule has 0 fully saturated rings. The number of hydrogen-bond acceptors (Lipinski definition) is 4. The van der Waals surface area contributed by atoms with Gasteiger partial charge in [-0.1, -0.05) is 48.0 Å². The number of halogens is 1. The van der Waals surface area contributed by atoms with Crippen LogP contribution in [0.4, 0.5) is 0 Å². The SMILES string of the molecule is Cc1cc(OCC(=O)NNC(=O)c2cccc(OCCc3ccccc3)c2)cc(C)c1Cl. The van der Waals surface area contributed by atoms with E-state index in [2.05, 4.69) is 10.9 Å². The lowest BCUT2D eigenvalue weighted by atomic mass is 10.1. The van der Waals surface area contributed by atoms with E-state index in [4.69, 9.17) is 21.1 Å². The average molecular weight is 453 g/mol. The van der Waals surface area contributed by atoms with E-state index in [0.29, 0.717) is 28.7 Å². The summed E-state index contributed by atoms with van der Waals surface area (Å²) in [5.41, 5.74) is 8.00. The number of hydrazine groups is 1. The van der Waals surface area contributed by atoms with E-state index in [1.807, 2.05) is 44.2 Å². The second-order valence-electron chi connectivity index (χ2n) is 7.27. The van der Waals surface area contributed by atoms with Crippen molar-refractivity contribution >= 4 is 23.4 Å². The maximum Gasteiger partial charge on any atom is 0.276 e. The third-order valence-electron chi connectivity index (χ3n) is 4.69. The van der Waals surface area contributed by atoms with Gasteiger partial charge in [0.05, 0.1) is 6.61 Å². The van der Waals surface area contributed by atoms with Crippen LogP contribution >= 0.6 is 11.6 Å². The van der Waals surface area contributed by atoms with Crippen LogP contribution < -0.4 is 20.3 Å². The summed E-state index contributed by atoms with van der Waals surface area (Å²) in [6, 6.07) is 20.3. The summed E-state index contributed by atoms with van der Waals surface area (Å²) in [4.78, 5) is 24.4. The number of amides is 2. The van der Waals surface area contributed by atoms with Crippen molar-refractivity contribution < 1.29 is 19.1 Å². The molecular weight excluding hydrogens is 428 g/mol. The van der Waals surface area contributed by atoms with E-state index in [1.54, 1.807) is 36.4 Å². The lowest BCUT2D eigenvalue weighted by Gasteiger charge is -2.11. The monoisotopic (exact) mass is 452 g/mol. The van der Waals surface area contributed by atoms with Gasteiger partial charge in [0.25, 0.3) is 11.8 Å². The first-order valence-corrected chi connectivity index (χ1v) is 10.6. The van der Waals surface area contributed by atoms with Gasteiger partial charge in [-0.25, -0.2) is 0 Å². The van der Waals surface area contributed by atoms with E-state index < -0.39 is 11.8 Å². The van der Waals surface area contributed by atoms with Crippen LogP contribution in [-0.4, -0.2) is 25.0 Å². The second kappa shape index (κ2) is 11.2. The van der Waals surface area contributed by atoms with Gasteiger partial charge in [-0.05, 0) is 60.9 Å². The fourth-order valence-corrected chi connectivity index (χ4v) is 3.14. The highest BCUT2D eigenvalue weighted by Gasteiger charge is 2.10. The molecule has 0 spiro atoms. The quantitative estimate of drug-likeness (QED) is 0.496.